The predicted molar refractivity (Wildman–Crippen MR) is 120 cm³/mol. The topological polar surface area (TPSA) is 93.9 Å². The maximum absolute atomic E-state index is 13.2. The average molecular weight is 445 g/mol. The van der Waals surface area contributed by atoms with Gasteiger partial charge in [0.15, 0.2) is 11.3 Å². The van der Waals surface area contributed by atoms with Crippen molar-refractivity contribution in [3.05, 3.63) is 89.3 Å². The van der Waals surface area contributed by atoms with Gasteiger partial charge >= 0.3 is 23.6 Å². The summed E-state index contributed by atoms with van der Waals surface area (Å²) in [4.78, 5) is 38.3. The van der Waals surface area contributed by atoms with Crippen LogP contribution in [0.25, 0.3) is 16.7 Å². The van der Waals surface area contributed by atoms with E-state index in [1.807, 2.05) is 48.5 Å². The Bertz CT molecular complexity index is 1250. The quantitative estimate of drug-likeness (QED) is 0.285. The van der Waals surface area contributed by atoms with Crippen LogP contribution in [0.1, 0.15) is 11.1 Å². The van der Waals surface area contributed by atoms with Gasteiger partial charge in [-0.05, 0) is 28.3 Å². The van der Waals surface area contributed by atoms with Crippen molar-refractivity contribution in [2.24, 2.45) is 0 Å². The maximum atomic E-state index is 13.2. The van der Waals surface area contributed by atoms with Gasteiger partial charge in [-0.15, -0.1) is 0 Å². The highest BCUT2D eigenvalue weighted by Gasteiger charge is 2.41. The van der Waals surface area contributed by atoms with E-state index >= 15 is 0 Å². The third-order valence-electron chi connectivity index (χ3n) is 5.32. The number of hydrazone groups is 1. The van der Waals surface area contributed by atoms with Crippen molar-refractivity contribution in [1.29, 1.82) is 0 Å². The van der Waals surface area contributed by atoms with Crippen molar-refractivity contribution in [2.75, 3.05) is 21.3 Å². The van der Waals surface area contributed by atoms with Gasteiger partial charge < -0.3 is 14.2 Å². The zero-order chi connectivity index (χ0) is 23.5. The first-order valence-corrected chi connectivity index (χ1v) is 10.0. The second-order valence-electron chi connectivity index (χ2n) is 7.07. The second kappa shape index (κ2) is 8.96. The van der Waals surface area contributed by atoms with Crippen molar-refractivity contribution in [1.82, 2.24) is 5.43 Å². The van der Waals surface area contributed by atoms with Gasteiger partial charge in [-0.2, -0.15) is 5.43 Å². The lowest BCUT2D eigenvalue weighted by Crippen LogP contribution is -2.41. The van der Waals surface area contributed by atoms with Gasteiger partial charge in [-0.3, -0.25) is 0 Å². The van der Waals surface area contributed by atoms with E-state index in [0.717, 1.165) is 22.3 Å². The highest BCUT2D eigenvalue weighted by molar-refractivity contribution is 6.49. The monoisotopic (exact) mass is 445 g/mol. The number of esters is 3. The summed E-state index contributed by atoms with van der Waals surface area (Å²) in [6.07, 6.45) is 4.53. The Morgan fingerprint density at radius 1 is 0.758 bits per heavy atom. The number of hydrogen-bond donors (Lipinski definition) is 1. The van der Waals surface area contributed by atoms with Crippen LogP contribution in [0.3, 0.4) is 0 Å². The van der Waals surface area contributed by atoms with Crippen molar-refractivity contribution in [3.63, 3.8) is 0 Å². The number of hydrazine groups is 1. The molecule has 0 saturated heterocycles. The summed E-state index contributed by atoms with van der Waals surface area (Å²) in [6.45, 7) is 0. The van der Waals surface area contributed by atoms with E-state index < -0.39 is 17.9 Å². The molecule has 0 atom stereocenters. The Morgan fingerprint density at radius 3 is 1.82 bits per heavy atom. The number of methoxy groups -OCH3 is 3. The molecule has 0 spiro atoms. The molecule has 2 aromatic carbocycles. The van der Waals surface area contributed by atoms with Crippen LogP contribution >= 0.6 is 0 Å². The molecule has 0 saturated carbocycles. The van der Waals surface area contributed by atoms with Gasteiger partial charge in [-0.25, -0.2) is 14.4 Å². The van der Waals surface area contributed by atoms with Crippen molar-refractivity contribution in [2.45, 2.75) is 0 Å². The van der Waals surface area contributed by atoms with Gasteiger partial charge in [0.2, 0.25) is 6.20 Å². The highest BCUT2D eigenvalue weighted by Crippen LogP contribution is 2.45. The third-order valence-corrected chi connectivity index (χ3v) is 5.32. The molecule has 1 N–H and O–H groups in total. The fraction of sp³-hybridized carbons (Fsp3) is 0.120. The van der Waals surface area contributed by atoms with E-state index in [4.69, 9.17) is 14.2 Å². The lowest BCUT2D eigenvalue weighted by atomic mass is 9.94. The molecule has 0 aromatic heterocycles. The van der Waals surface area contributed by atoms with E-state index in [-0.39, 0.29) is 17.0 Å². The molecule has 2 aliphatic rings. The van der Waals surface area contributed by atoms with Crippen LogP contribution in [0.2, 0.25) is 0 Å². The number of ether oxygens (including phenoxy) is 3. The Balaban J connectivity index is 2.07. The second-order valence-corrected chi connectivity index (χ2v) is 7.07. The van der Waals surface area contributed by atoms with Crippen molar-refractivity contribution in [3.8, 4) is 11.1 Å². The average Bonchev–Trinajstić information content (AvgIpc) is 3.20. The first-order valence-electron chi connectivity index (χ1n) is 10.0. The maximum Gasteiger partial charge on any atom is 0.407 e. The molecule has 1 heterocycles. The minimum atomic E-state index is -0.798. The number of hydrogen-bond acceptors (Lipinski definition) is 7. The summed E-state index contributed by atoms with van der Waals surface area (Å²) >= 11 is 0. The van der Waals surface area contributed by atoms with Gasteiger partial charge in [-0.1, -0.05) is 53.2 Å². The minimum absolute atomic E-state index is 0.00924. The molecule has 8 nitrogen and oxygen atoms in total. The summed E-state index contributed by atoms with van der Waals surface area (Å²) in [6, 6.07) is 15.2. The molecule has 0 fully saturated rings. The van der Waals surface area contributed by atoms with Crippen LogP contribution in [0.15, 0.2) is 78.2 Å². The van der Waals surface area contributed by atoms with E-state index in [2.05, 4.69) is 5.43 Å². The first kappa shape index (κ1) is 21.8. The normalized spacial score (nSPS) is 14.9. The van der Waals surface area contributed by atoms with E-state index in [1.54, 1.807) is 6.08 Å². The summed E-state index contributed by atoms with van der Waals surface area (Å²) in [5, 5.41) is 0. The van der Waals surface area contributed by atoms with Crippen molar-refractivity contribution >= 4 is 29.2 Å². The molecule has 0 radical (unpaired) electrons. The van der Waals surface area contributed by atoms with E-state index in [0.29, 0.717) is 5.57 Å². The van der Waals surface area contributed by atoms with E-state index in [9.17, 15) is 14.4 Å². The Morgan fingerprint density at radius 2 is 1.30 bits per heavy atom. The summed E-state index contributed by atoms with van der Waals surface area (Å²) in [5.74, 6) is -2.17. The number of carbonyl (C=O) groups is 3. The number of nitrogens with one attached hydrogen (secondary N) is 1. The van der Waals surface area contributed by atoms with Crippen LogP contribution in [0, 0.1) is 0 Å². The van der Waals surface area contributed by atoms with Crippen molar-refractivity contribution < 1.29 is 33.3 Å². The molecule has 0 bridgehead atoms. The van der Waals surface area contributed by atoms with Crippen LogP contribution < -0.4 is 5.43 Å². The summed E-state index contributed by atoms with van der Waals surface area (Å²) in [5.41, 5.74) is 6.63. The molecule has 4 rings (SSSR count). The van der Waals surface area contributed by atoms with Crippen LogP contribution in [0.5, 0.6) is 0 Å². The van der Waals surface area contributed by atoms with Gasteiger partial charge in [0.1, 0.15) is 0 Å². The lowest BCUT2D eigenvalue weighted by Gasteiger charge is -2.14. The Kier molecular flexibility index (Phi) is 5.91. The molecule has 33 heavy (non-hydrogen) atoms. The summed E-state index contributed by atoms with van der Waals surface area (Å²) in [7, 11) is 3.69. The molecule has 8 heteroatoms. The zero-order valence-corrected chi connectivity index (χ0v) is 18.2. The fourth-order valence-electron chi connectivity index (χ4n) is 3.91. The lowest BCUT2D eigenvalue weighted by molar-refractivity contribution is -0.513. The molecule has 1 aliphatic heterocycles. The number of nitrogens with zero attached hydrogens (tertiary/aromatic N) is 1. The van der Waals surface area contributed by atoms with Gasteiger partial charge in [0.05, 0.1) is 21.3 Å². The number of carbonyl (C=O) groups excluding carboxylic acids is 3. The number of rotatable bonds is 4. The number of allylic oxidation sites excluding steroid dienone is 2. The van der Waals surface area contributed by atoms with Gasteiger partial charge in [0, 0.05) is 11.6 Å². The van der Waals surface area contributed by atoms with E-state index in [1.165, 1.54) is 38.3 Å². The third kappa shape index (κ3) is 3.71. The molecule has 1 aliphatic carbocycles. The highest BCUT2D eigenvalue weighted by atomic mass is 16.5. The summed E-state index contributed by atoms with van der Waals surface area (Å²) < 4.78 is 16.2. The molecular formula is C25H21N2O6+. The predicted octanol–water partition coefficient (Wildman–Crippen LogP) is 2.36. The van der Waals surface area contributed by atoms with Crippen LogP contribution in [-0.4, -0.2) is 49.6 Å². The number of fused-ring (bicyclic) bond motifs is 3. The van der Waals surface area contributed by atoms with Gasteiger partial charge in [0.25, 0.3) is 0 Å². The molecule has 0 amide bonds. The molecular weight excluding hydrogens is 424 g/mol. The Labute approximate surface area is 190 Å². The smallest absolute Gasteiger partial charge is 0.407 e. The molecule has 2 aromatic rings. The largest absolute Gasteiger partial charge is 0.465 e. The molecule has 166 valence electrons. The Hall–Kier alpha value is -4.46. The zero-order valence-electron chi connectivity index (χ0n) is 18.2. The first-order chi connectivity index (χ1) is 16.0. The van der Waals surface area contributed by atoms with Crippen LogP contribution in [0.4, 0.5) is 0 Å². The SMILES string of the molecule is COC(=O)C1=CC=C[N+](=C(C(=O)OC)C(C(=O)OC)=C2c3ccccc3-c3ccccc32)N1. The fourth-order valence-corrected chi connectivity index (χ4v) is 3.91. The van der Waals surface area contributed by atoms with Crippen LogP contribution in [-0.2, 0) is 28.6 Å². The standard InChI is InChI=1S/C25H20N2O6/c1-31-23(28)19-13-8-14-27(26-19)22(25(30)33-3)21(24(29)32-2)20-17-11-6-4-9-15(17)16-10-5-7-12-18(16)20/h4-14H,1-3H3/p+1. The minimum Gasteiger partial charge on any atom is -0.465 e. The number of benzene rings is 2. The molecule has 0 unspecified atom stereocenters.